The van der Waals surface area contributed by atoms with Crippen molar-refractivity contribution in [2.24, 2.45) is 0 Å². The van der Waals surface area contributed by atoms with Gasteiger partial charge in [0.05, 0.1) is 18.1 Å². The summed E-state index contributed by atoms with van der Waals surface area (Å²) in [4.78, 5) is 15.6. The second kappa shape index (κ2) is 12.5. The van der Waals surface area contributed by atoms with E-state index in [2.05, 4.69) is 5.10 Å². The molecule has 0 saturated carbocycles. The first-order chi connectivity index (χ1) is 20.1. The van der Waals surface area contributed by atoms with Gasteiger partial charge in [-0.15, -0.1) is 0 Å². The number of hydrogen-bond acceptors (Lipinski definition) is 8. The summed E-state index contributed by atoms with van der Waals surface area (Å²) in [6, 6.07) is 17.8. The van der Waals surface area contributed by atoms with Crippen LogP contribution in [0.1, 0.15) is 0 Å². The molecule has 220 valence electrons. The van der Waals surface area contributed by atoms with Crippen LogP contribution in [0.4, 0.5) is 10.1 Å². The van der Waals surface area contributed by atoms with E-state index in [-0.39, 0.29) is 25.6 Å². The highest BCUT2D eigenvalue weighted by atomic mass is 35.5. The third-order valence-corrected chi connectivity index (χ3v) is 8.25. The monoisotopic (exact) mass is 614 g/mol. The van der Waals surface area contributed by atoms with Crippen LogP contribution in [0.5, 0.6) is 17.2 Å². The summed E-state index contributed by atoms with van der Waals surface area (Å²) in [6.45, 7) is 1.18. The zero-order chi connectivity index (χ0) is 29.9. The third-order valence-electron chi connectivity index (χ3n) is 6.70. The normalized spacial score (nSPS) is 14.1. The fourth-order valence-electron chi connectivity index (χ4n) is 4.57. The predicted octanol–water partition coefficient (Wildman–Crippen LogP) is 4.55. The predicted molar refractivity (Wildman–Crippen MR) is 158 cm³/mol. The lowest BCUT2D eigenvalue weighted by atomic mass is 10.0. The number of anilines is 1. The maximum Gasteiger partial charge on any atom is 0.316 e. The van der Waals surface area contributed by atoms with Gasteiger partial charge in [-0.2, -0.15) is 14.1 Å². The Morgan fingerprint density at radius 2 is 1.67 bits per heavy atom. The summed E-state index contributed by atoms with van der Waals surface area (Å²) >= 11 is 6.03. The summed E-state index contributed by atoms with van der Waals surface area (Å²) in [6.07, 6.45) is 2.71. The molecule has 0 atom stereocenters. The first-order valence-electron chi connectivity index (χ1n) is 12.9. The Hall–Kier alpha value is -3.97. The fraction of sp³-hybridized carbons (Fsp3) is 0.241. The van der Waals surface area contributed by atoms with Gasteiger partial charge in [0.2, 0.25) is 15.8 Å². The van der Waals surface area contributed by atoms with Gasteiger partial charge in [-0.25, -0.2) is 12.8 Å². The van der Waals surface area contributed by atoms with Gasteiger partial charge in [-0.1, -0.05) is 23.7 Å². The summed E-state index contributed by atoms with van der Waals surface area (Å²) in [5.41, 5.74) is 1.82. The van der Waals surface area contributed by atoms with E-state index >= 15 is 0 Å². The van der Waals surface area contributed by atoms with Crippen molar-refractivity contribution in [1.82, 2.24) is 14.1 Å². The van der Waals surface area contributed by atoms with Gasteiger partial charge in [0.25, 0.3) is 0 Å². The molecule has 42 heavy (non-hydrogen) atoms. The maximum absolute atomic E-state index is 13.9. The summed E-state index contributed by atoms with van der Waals surface area (Å²) < 4.78 is 57.2. The van der Waals surface area contributed by atoms with Gasteiger partial charge >= 0.3 is 5.56 Å². The van der Waals surface area contributed by atoms with Crippen molar-refractivity contribution in [3.8, 4) is 34.1 Å². The van der Waals surface area contributed by atoms with Crippen LogP contribution in [0.15, 0.2) is 77.7 Å². The van der Waals surface area contributed by atoms with E-state index in [9.17, 15) is 17.6 Å². The highest BCUT2D eigenvalue weighted by molar-refractivity contribution is 7.88. The Labute approximate surface area is 247 Å². The molecule has 5 rings (SSSR count). The minimum Gasteiger partial charge on any atom is -0.467 e. The van der Waals surface area contributed by atoms with E-state index < -0.39 is 21.4 Å². The average Bonchev–Trinajstić information content (AvgIpc) is 2.98. The average molecular weight is 615 g/mol. The van der Waals surface area contributed by atoms with Crippen LogP contribution >= 0.6 is 11.6 Å². The molecule has 10 nitrogen and oxygen atoms in total. The lowest BCUT2D eigenvalue weighted by molar-refractivity contribution is 0.0513. The smallest absolute Gasteiger partial charge is 0.316 e. The topological polar surface area (TPSA) is 103 Å². The van der Waals surface area contributed by atoms with E-state index in [1.807, 2.05) is 4.90 Å². The lowest BCUT2D eigenvalue weighted by Gasteiger charge is -2.35. The number of hydrogen-bond donors (Lipinski definition) is 0. The molecule has 1 fully saturated rings. The Bertz CT molecular complexity index is 1720. The van der Waals surface area contributed by atoms with Crippen molar-refractivity contribution in [2.45, 2.75) is 0 Å². The number of rotatable bonds is 9. The van der Waals surface area contributed by atoms with Crippen LogP contribution in [0.3, 0.4) is 0 Å². The number of ether oxygens (including phenoxy) is 3. The number of benzene rings is 3. The molecular formula is C29H28ClFN4O6S. The molecule has 4 aromatic rings. The molecule has 1 aliphatic heterocycles. The molecule has 0 N–H and O–H groups in total. The standard InChI is InChI=1S/C29H28ClFN4O6S/c1-39-19-40-27-17-22(31)7-12-25(27)20-3-10-24(11-4-20)41-28-26(33-13-15-34(16-14-33)42(2,37)38)18-32-35(29(28)36)23-8-5-21(30)6-9-23/h3-12,17-18H,13-16,19H2,1-2H3. The van der Waals surface area contributed by atoms with Gasteiger partial charge < -0.3 is 19.1 Å². The molecule has 0 unspecified atom stereocenters. The number of aromatic nitrogens is 2. The van der Waals surface area contributed by atoms with E-state index in [1.165, 1.54) is 40.7 Å². The van der Waals surface area contributed by atoms with Gasteiger partial charge in [0, 0.05) is 49.9 Å². The minimum absolute atomic E-state index is 0.0337. The lowest BCUT2D eigenvalue weighted by Crippen LogP contribution is -2.48. The summed E-state index contributed by atoms with van der Waals surface area (Å²) in [7, 11) is -1.86. The van der Waals surface area contributed by atoms with E-state index in [4.69, 9.17) is 25.8 Å². The zero-order valence-electron chi connectivity index (χ0n) is 22.9. The molecule has 0 bridgehead atoms. The SMILES string of the molecule is COCOc1cc(F)ccc1-c1ccc(Oc2c(N3CCN(S(C)(=O)=O)CC3)cnn(-c3ccc(Cl)cc3)c2=O)cc1. The maximum atomic E-state index is 13.9. The number of halogens is 2. The molecule has 0 spiro atoms. The molecule has 0 aliphatic carbocycles. The quantitative estimate of drug-likeness (QED) is 0.253. The van der Waals surface area contributed by atoms with Gasteiger partial charge in [0.1, 0.15) is 23.0 Å². The van der Waals surface area contributed by atoms with Crippen molar-refractivity contribution in [3.63, 3.8) is 0 Å². The Kier molecular flexibility index (Phi) is 8.78. The second-order valence-corrected chi connectivity index (χ2v) is 11.9. The first kappa shape index (κ1) is 29.5. The molecule has 3 aromatic carbocycles. The van der Waals surface area contributed by atoms with Crippen molar-refractivity contribution < 1.29 is 27.0 Å². The van der Waals surface area contributed by atoms with Crippen LogP contribution in [0.25, 0.3) is 16.8 Å². The Balaban J connectivity index is 1.49. The summed E-state index contributed by atoms with van der Waals surface area (Å²) in [5.74, 6) is 0.291. The van der Waals surface area contributed by atoms with E-state index in [0.29, 0.717) is 46.5 Å². The molecule has 1 aromatic heterocycles. The van der Waals surface area contributed by atoms with Crippen LogP contribution < -0.4 is 19.9 Å². The van der Waals surface area contributed by atoms with Crippen LogP contribution in [-0.2, 0) is 14.8 Å². The number of nitrogens with zero attached hydrogens (tertiary/aromatic N) is 4. The van der Waals surface area contributed by atoms with Crippen LogP contribution in [0, 0.1) is 5.82 Å². The van der Waals surface area contributed by atoms with E-state index in [0.717, 1.165) is 5.56 Å². The Morgan fingerprint density at radius 3 is 2.31 bits per heavy atom. The molecule has 0 radical (unpaired) electrons. The van der Waals surface area contributed by atoms with Gasteiger partial charge in [-0.3, -0.25) is 4.79 Å². The zero-order valence-corrected chi connectivity index (χ0v) is 24.4. The number of methoxy groups -OCH3 is 1. The van der Waals surface area contributed by atoms with E-state index in [1.54, 1.807) is 54.6 Å². The fourth-order valence-corrected chi connectivity index (χ4v) is 5.53. The molecule has 0 amide bonds. The largest absolute Gasteiger partial charge is 0.467 e. The van der Waals surface area contributed by atoms with Gasteiger partial charge in [-0.05, 0) is 54.1 Å². The van der Waals surface area contributed by atoms with Crippen molar-refractivity contribution in [2.75, 3.05) is 51.2 Å². The minimum atomic E-state index is -3.34. The van der Waals surface area contributed by atoms with Crippen LogP contribution in [0.2, 0.25) is 5.02 Å². The highest BCUT2D eigenvalue weighted by Gasteiger charge is 2.27. The molecule has 1 aliphatic rings. The summed E-state index contributed by atoms with van der Waals surface area (Å²) in [5, 5.41) is 4.89. The second-order valence-electron chi connectivity index (χ2n) is 9.52. The van der Waals surface area contributed by atoms with Crippen LogP contribution in [-0.4, -0.2) is 68.8 Å². The van der Waals surface area contributed by atoms with Crippen molar-refractivity contribution in [3.05, 3.63) is 94.1 Å². The molecular weight excluding hydrogens is 587 g/mol. The highest BCUT2D eigenvalue weighted by Crippen LogP contribution is 2.34. The molecule has 1 saturated heterocycles. The number of piperazine rings is 1. The van der Waals surface area contributed by atoms with Crippen molar-refractivity contribution >= 4 is 27.3 Å². The molecule has 13 heteroatoms. The first-order valence-corrected chi connectivity index (χ1v) is 15.1. The third kappa shape index (κ3) is 6.57. The Morgan fingerprint density at radius 1 is 0.976 bits per heavy atom. The number of sulfonamides is 1. The molecule has 2 heterocycles. The van der Waals surface area contributed by atoms with Gasteiger partial charge in [0.15, 0.2) is 6.79 Å². The van der Waals surface area contributed by atoms with Crippen molar-refractivity contribution in [1.29, 1.82) is 0 Å².